The van der Waals surface area contributed by atoms with Crippen molar-refractivity contribution in [1.29, 1.82) is 0 Å². The monoisotopic (exact) mass is 299 g/mol. The van der Waals surface area contributed by atoms with Gasteiger partial charge in [0.2, 0.25) is 0 Å². The fourth-order valence-corrected chi connectivity index (χ4v) is 2.68. The summed E-state index contributed by atoms with van der Waals surface area (Å²) in [7, 11) is 0. The maximum atomic E-state index is 11.2. The van der Waals surface area contributed by atoms with E-state index in [0.717, 1.165) is 4.47 Å². The molecule has 2 aromatic rings. The predicted molar refractivity (Wildman–Crippen MR) is 68.9 cm³/mol. The van der Waals surface area contributed by atoms with E-state index < -0.39 is 0 Å². The number of aromatic amines is 1. The fraction of sp³-hybridized carbons (Fsp3) is 0.200. The third-order valence-electron chi connectivity index (χ3n) is 1.93. The van der Waals surface area contributed by atoms with Gasteiger partial charge < -0.3 is 10.3 Å². The van der Waals surface area contributed by atoms with Crippen LogP contribution in [0.3, 0.4) is 0 Å². The van der Waals surface area contributed by atoms with E-state index in [-0.39, 0.29) is 5.56 Å². The first-order valence-electron chi connectivity index (χ1n) is 4.68. The Labute approximate surface area is 105 Å². The van der Waals surface area contributed by atoms with Crippen LogP contribution in [0.5, 0.6) is 0 Å². The van der Waals surface area contributed by atoms with E-state index in [4.69, 9.17) is 0 Å². The second-order valence-electron chi connectivity index (χ2n) is 3.30. The minimum Gasteiger partial charge on any atom is -0.365 e. The number of aryl methyl sites for hydroxylation is 1. The summed E-state index contributed by atoms with van der Waals surface area (Å²) >= 11 is 5.05. The molecule has 0 fully saturated rings. The number of halogens is 1. The lowest BCUT2D eigenvalue weighted by Crippen LogP contribution is -2.11. The SMILES string of the molecule is Cc1nc(NCc2cc(Br)cs2)cc(=O)[nH]1. The topological polar surface area (TPSA) is 57.8 Å². The van der Waals surface area contributed by atoms with Gasteiger partial charge in [-0.1, -0.05) is 0 Å². The van der Waals surface area contributed by atoms with Gasteiger partial charge in [-0.15, -0.1) is 11.3 Å². The Kier molecular flexibility index (Phi) is 3.40. The second kappa shape index (κ2) is 4.80. The molecule has 0 bridgehead atoms. The lowest BCUT2D eigenvalue weighted by Gasteiger charge is -2.03. The molecule has 0 aliphatic rings. The van der Waals surface area contributed by atoms with E-state index >= 15 is 0 Å². The van der Waals surface area contributed by atoms with Crippen molar-refractivity contribution in [2.75, 3.05) is 5.32 Å². The van der Waals surface area contributed by atoms with Gasteiger partial charge in [-0.3, -0.25) is 4.79 Å². The molecule has 0 atom stereocenters. The van der Waals surface area contributed by atoms with Crippen LogP contribution in [0.1, 0.15) is 10.7 Å². The number of aromatic nitrogens is 2. The summed E-state index contributed by atoms with van der Waals surface area (Å²) in [5.41, 5.74) is -0.137. The van der Waals surface area contributed by atoms with E-state index in [2.05, 4.69) is 31.2 Å². The Morgan fingerprint density at radius 2 is 2.38 bits per heavy atom. The summed E-state index contributed by atoms with van der Waals surface area (Å²) in [6.07, 6.45) is 0. The van der Waals surface area contributed by atoms with Crippen molar-refractivity contribution in [3.05, 3.63) is 43.0 Å². The van der Waals surface area contributed by atoms with Crippen LogP contribution in [0.25, 0.3) is 0 Å². The number of thiophene rings is 1. The van der Waals surface area contributed by atoms with Crippen LogP contribution in [-0.4, -0.2) is 9.97 Å². The van der Waals surface area contributed by atoms with Crippen molar-refractivity contribution in [3.8, 4) is 0 Å². The van der Waals surface area contributed by atoms with Gasteiger partial charge in [0, 0.05) is 20.8 Å². The van der Waals surface area contributed by atoms with Crippen LogP contribution in [0, 0.1) is 6.92 Å². The summed E-state index contributed by atoms with van der Waals surface area (Å²) < 4.78 is 1.07. The van der Waals surface area contributed by atoms with Crippen molar-refractivity contribution >= 4 is 33.1 Å². The van der Waals surface area contributed by atoms with E-state index in [0.29, 0.717) is 18.2 Å². The highest BCUT2D eigenvalue weighted by Crippen LogP contribution is 2.20. The molecule has 2 N–H and O–H groups in total. The molecule has 0 unspecified atom stereocenters. The molecule has 2 aromatic heterocycles. The predicted octanol–water partition coefficient (Wildman–Crippen LogP) is 2.51. The quantitative estimate of drug-likeness (QED) is 0.915. The molecule has 2 rings (SSSR count). The van der Waals surface area contributed by atoms with E-state index in [1.165, 1.54) is 10.9 Å². The van der Waals surface area contributed by atoms with Gasteiger partial charge in [0.05, 0.1) is 6.54 Å². The maximum absolute atomic E-state index is 11.2. The molecule has 0 aliphatic heterocycles. The number of rotatable bonds is 3. The minimum atomic E-state index is -0.137. The standard InChI is InChI=1S/C10H10BrN3OS/c1-6-13-9(3-10(15)14-6)12-4-8-2-7(11)5-16-8/h2-3,5H,4H2,1H3,(H2,12,13,14,15). The number of nitrogens with one attached hydrogen (secondary N) is 2. The van der Waals surface area contributed by atoms with Crippen LogP contribution in [0.15, 0.2) is 26.8 Å². The average Bonchev–Trinajstić information content (AvgIpc) is 2.60. The highest BCUT2D eigenvalue weighted by atomic mass is 79.9. The molecule has 0 radical (unpaired) electrons. The lowest BCUT2D eigenvalue weighted by atomic mass is 10.4. The molecular formula is C10H10BrN3OS. The van der Waals surface area contributed by atoms with Gasteiger partial charge in [0.25, 0.3) is 5.56 Å². The van der Waals surface area contributed by atoms with Gasteiger partial charge in [-0.2, -0.15) is 0 Å². The Morgan fingerprint density at radius 1 is 1.56 bits per heavy atom. The molecule has 0 spiro atoms. The highest BCUT2D eigenvalue weighted by Gasteiger charge is 2.00. The first kappa shape index (κ1) is 11.3. The molecule has 0 saturated heterocycles. The van der Waals surface area contributed by atoms with Crippen molar-refractivity contribution in [2.45, 2.75) is 13.5 Å². The lowest BCUT2D eigenvalue weighted by molar-refractivity contribution is 1.00. The summed E-state index contributed by atoms with van der Waals surface area (Å²) in [6.45, 7) is 2.43. The third kappa shape index (κ3) is 2.93. The Bertz CT molecular complexity index is 549. The Balaban J connectivity index is 2.07. The summed E-state index contributed by atoms with van der Waals surface area (Å²) in [5.74, 6) is 1.22. The van der Waals surface area contributed by atoms with Crippen molar-refractivity contribution in [3.63, 3.8) is 0 Å². The fourth-order valence-electron chi connectivity index (χ4n) is 1.29. The zero-order chi connectivity index (χ0) is 11.5. The van der Waals surface area contributed by atoms with Gasteiger partial charge in [-0.25, -0.2) is 4.98 Å². The molecule has 0 saturated carbocycles. The van der Waals surface area contributed by atoms with Gasteiger partial charge in [0.15, 0.2) is 0 Å². The second-order valence-corrected chi connectivity index (χ2v) is 5.21. The van der Waals surface area contributed by atoms with Crippen molar-refractivity contribution in [2.24, 2.45) is 0 Å². The van der Waals surface area contributed by atoms with Gasteiger partial charge in [0.1, 0.15) is 11.6 Å². The zero-order valence-electron chi connectivity index (χ0n) is 8.58. The number of nitrogens with zero attached hydrogens (tertiary/aromatic N) is 1. The molecular weight excluding hydrogens is 290 g/mol. The van der Waals surface area contributed by atoms with Crippen LogP contribution in [0.2, 0.25) is 0 Å². The molecule has 0 aliphatic carbocycles. The number of hydrogen-bond acceptors (Lipinski definition) is 4. The normalized spacial score (nSPS) is 10.4. The van der Waals surface area contributed by atoms with Gasteiger partial charge >= 0.3 is 0 Å². The van der Waals surface area contributed by atoms with E-state index in [1.807, 2.05) is 11.4 Å². The first-order valence-corrected chi connectivity index (χ1v) is 6.35. The zero-order valence-corrected chi connectivity index (χ0v) is 11.0. The Hall–Kier alpha value is -1.14. The largest absolute Gasteiger partial charge is 0.365 e. The smallest absolute Gasteiger partial charge is 0.252 e. The Morgan fingerprint density at radius 3 is 3.00 bits per heavy atom. The molecule has 0 amide bonds. The number of hydrogen-bond donors (Lipinski definition) is 2. The summed E-state index contributed by atoms with van der Waals surface area (Å²) in [5, 5.41) is 5.14. The summed E-state index contributed by atoms with van der Waals surface area (Å²) in [6, 6.07) is 3.49. The summed E-state index contributed by atoms with van der Waals surface area (Å²) in [4.78, 5) is 19.2. The molecule has 16 heavy (non-hydrogen) atoms. The van der Waals surface area contributed by atoms with Crippen LogP contribution < -0.4 is 10.9 Å². The van der Waals surface area contributed by atoms with Crippen LogP contribution >= 0.6 is 27.3 Å². The van der Waals surface area contributed by atoms with E-state index in [9.17, 15) is 4.79 Å². The van der Waals surface area contributed by atoms with Crippen molar-refractivity contribution in [1.82, 2.24) is 9.97 Å². The van der Waals surface area contributed by atoms with Gasteiger partial charge in [-0.05, 0) is 28.9 Å². The van der Waals surface area contributed by atoms with Crippen LogP contribution in [-0.2, 0) is 6.54 Å². The average molecular weight is 300 g/mol. The molecule has 2 heterocycles. The number of H-pyrrole nitrogens is 1. The first-order chi connectivity index (χ1) is 7.63. The molecule has 6 heteroatoms. The van der Waals surface area contributed by atoms with Crippen molar-refractivity contribution < 1.29 is 0 Å². The van der Waals surface area contributed by atoms with E-state index in [1.54, 1.807) is 18.3 Å². The molecule has 84 valence electrons. The third-order valence-corrected chi connectivity index (χ3v) is 3.62. The molecule has 4 nitrogen and oxygen atoms in total. The number of anilines is 1. The maximum Gasteiger partial charge on any atom is 0.252 e. The minimum absolute atomic E-state index is 0.137. The molecule has 0 aromatic carbocycles. The van der Waals surface area contributed by atoms with Crippen LogP contribution in [0.4, 0.5) is 5.82 Å². The highest BCUT2D eigenvalue weighted by molar-refractivity contribution is 9.10.